The molecule has 1 aliphatic heterocycles. The van der Waals surface area contributed by atoms with Gasteiger partial charge in [-0.2, -0.15) is 0 Å². The van der Waals surface area contributed by atoms with E-state index in [-0.39, 0.29) is 5.92 Å². The minimum atomic E-state index is -0.675. The molecule has 1 N–H and O–H groups in total. The van der Waals surface area contributed by atoms with E-state index in [0.717, 1.165) is 54.1 Å². The third-order valence-corrected chi connectivity index (χ3v) is 5.23. The number of carboxylic acids is 1. The van der Waals surface area contributed by atoms with E-state index in [0.29, 0.717) is 6.54 Å². The summed E-state index contributed by atoms with van der Waals surface area (Å²) < 4.78 is 0. The number of piperidine rings is 1. The Hall–Kier alpha value is -2.10. The topological polar surface area (TPSA) is 40.5 Å². The summed E-state index contributed by atoms with van der Waals surface area (Å²) in [6, 6.07) is 18.2. The van der Waals surface area contributed by atoms with Gasteiger partial charge in [-0.3, -0.25) is 4.79 Å². The third kappa shape index (κ3) is 4.75. The molecular weight excluding hydrogens is 346 g/mol. The van der Waals surface area contributed by atoms with Crippen LogP contribution in [-0.4, -0.2) is 35.6 Å². The summed E-state index contributed by atoms with van der Waals surface area (Å²) >= 11 is 6.43. The SMILES string of the molecule is O=C(O)[C@@H]1CCCN(CC/C=C(/c2ccccc2)c2ccccc2Cl)C1. The normalized spacial score (nSPS) is 18.7. The number of aliphatic carboxylic acids is 1. The molecule has 1 fully saturated rings. The van der Waals surface area contributed by atoms with Gasteiger partial charge in [0.2, 0.25) is 0 Å². The van der Waals surface area contributed by atoms with Crippen LogP contribution in [0.4, 0.5) is 0 Å². The Morgan fingerprint density at radius 2 is 1.88 bits per heavy atom. The zero-order valence-corrected chi connectivity index (χ0v) is 15.5. The number of carboxylic acid groups (broad SMARTS) is 1. The summed E-state index contributed by atoms with van der Waals surface area (Å²) in [5.74, 6) is -0.906. The van der Waals surface area contributed by atoms with Crippen LogP contribution < -0.4 is 0 Å². The van der Waals surface area contributed by atoms with E-state index in [9.17, 15) is 9.90 Å². The second-order valence-corrected chi connectivity index (χ2v) is 7.14. The zero-order valence-electron chi connectivity index (χ0n) is 14.8. The Morgan fingerprint density at radius 1 is 1.15 bits per heavy atom. The lowest BCUT2D eigenvalue weighted by Gasteiger charge is -2.30. The molecule has 2 aromatic carbocycles. The fourth-order valence-electron chi connectivity index (χ4n) is 3.53. The number of hydrogen-bond donors (Lipinski definition) is 1. The molecule has 3 rings (SSSR count). The van der Waals surface area contributed by atoms with Gasteiger partial charge in [-0.1, -0.05) is 66.2 Å². The molecule has 1 atom stereocenters. The third-order valence-electron chi connectivity index (χ3n) is 4.90. The Labute approximate surface area is 159 Å². The van der Waals surface area contributed by atoms with E-state index in [4.69, 9.17) is 11.6 Å². The smallest absolute Gasteiger partial charge is 0.307 e. The molecule has 136 valence electrons. The Balaban J connectivity index is 1.75. The fourth-order valence-corrected chi connectivity index (χ4v) is 3.77. The number of likely N-dealkylation sites (tertiary alicyclic amines) is 1. The van der Waals surface area contributed by atoms with Crippen molar-refractivity contribution in [2.75, 3.05) is 19.6 Å². The van der Waals surface area contributed by atoms with Crippen molar-refractivity contribution in [1.29, 1.82) is 0 Å². The monoisotopic (exact) mass is 369 g/mol. The van der Waals surface area contributed by atoms with Crippen LogP contribution in [0.15, 0.2) is 60.7 Å². The van der Waals surface area contributed by atoms with Crippen molar-refractivity contribution in [3.8, 4) is 0 Å². The van der Waals surface area contributed by atoms with Crippen LogP contribution in [0.5, 0.6) is 0 Å². The van der Waals surface area contributed by atoms with Gasteiger partial charge in [0.25, 0.3) is 0 Å². The highest BCUT2D eigenvalue weighted by Gasteiger charge is 2.24. The van der Waals surface area contributed by atoms with Crippen molar-refractivity contribution in [1.82, 2.24) is 4.90 Å². The molecule has 0 aliphatic carbocycles. The average Bonchev–Trinajstić information content (AvgIpc) is 2.67. The minimum Gasteiger partial charge on any atom is -0.481 e. The molecule has 0 radical (unpaired) electrons. The summed E-state index contributed by atoms with van der Waals surface area (Å²) in [5.41, 5.74) is 3.30. The molecule has 1 saturated heterocycles. The van der Waals surface area contributed by atoms with Crippen molar-refractivity contribution >= 4 is 23.1 Å². The molecule has 2 aromatic rings. The quantitative estimate of drug-likeness (QED) is 0.782. The van der Waals surface area contributed by atoms with Gasteiger partial charge < -0.3 is 10.0 Å². The summed E-state index contributed by atoms with van der Waals surface area (Å²) in [6.45, 7) is 2.49. The van der Waals surface area contributed by atoms with E-state index in [1.807, 2.05) is 42.5 Å². The maximum atomic E-state index is 11.2. The van der Waals surface area contributed by atoms with Crippen LogP contribution in [0.3, 0.4) is 0 Å². The summed E-state index contributed by atoms with van der Waals surface area (Å²) in [7, 11) is 0. The number of benzene rings is 2. The number of hydrogen-bond acceptors (Lipinski definition) is 2. The predicted molar refractivity (Wildman–Crippen MR) is 106 cm³/mol. The van der Waals surface area contributed by atoms with Gasteiger partial charge in [-0.15, -0.1) is 0 Å². The number of halogens is 1. The van der Waals surface area contributed by atoms with Crippen molar-refractivity contribution in [2.24, 2.45) is 5.92 Å². The van der Waals surface area contributed by atoms with Crippen molar-refractivity contribution in [3.63, 3.8) is 0 Å². The van der Waals surface area contributed by atoms with E-state index in [2.05, 4.69) is 23.1 Å². The fraction of sp³-hybridized carbons (Fsp3) is 0.318. The van der Waals surface area contributed by atoms with Gasteiger partial charge in [0.15, 0.2) is 0 Å². The number of nitrogens with zero attached hydrogens (tertiary/aromatic N) is 1. The molecule has 3 nitrogen and oxygen atoms in total. The highest BCUT2D eigenvalue weighted by Crippen LogP contribution is 2.29. The van der Waals surface area contributed by atoms with E-state index in [1.54, 1.807) is 0 Å². The number of carbonyl (C=O) groups is 1. The van der Waals surface area contributed by atoms with Crippen molar-refractivity contribution in [3.05, 3.63) is 76.8 Å². The van der Waals surface area contributed by atoms with Gasteiger partial charge in [-0.05, 0) is 43.0 Å². The highest BCUT2D eigenvalue weighted by molar-refractivity contribution is 6.32. The highest BCUT2D eigenvalue weighted by atomic mass is 35.5. The van der Waals surface area contributed by atoms with E-state index >= 15 is 0 Å². The first-order chi connectivity index (χ1) is 12.6. The molecule has 0 bridgehead atoms. The van der Waals surface area contributed by atoms with Gasteiger partial charge in [0.1, 0.15) is 0 Å². The van der Waals surface area contributed by atoms with Crippen LogP contribution in [0.2, 0.25) is 5.02 Å². The second-order valence-electron chi connectivity index (χ2n) is 6.73. The van der Waals surface area contributed by atoms with Crippen LogP contribution >= 0.6 is 11.6 Å². The first-order valence-electron chi connectivity index (χ1n) is 9.11. The predicted octanol–water partition coefficient (Wildman–Crippen LogP) is 4.96. The van der Waals surface area contributed by atoms with Crippen molar-refractivity contribution in [2.45, 2.75) is 19.3 Å². The van der Waals surface area contributed by atoms with Gasteiger partial charge in [0, 0.05) is 23.7 Å². The molecule has 0 amide bonds. The Morgan fingerprint density at radius 3 is 2.62 bits per heavy atom. The van der Waals surface area contributed by atoms with Crippen LogP contribution in [0.25, 0.3) is 5.57 Å². The van der Waals surface area contributed by atoms with Gasteiger partial charge in [0.05, 0.1) is 5.92 Å². The second kappa shape index (κ2) is 9.02. The molecule has 26 heavy (non-hydrogen) atoms. The Bertz CT molecular complexity index is 773. The van der Waals surface area contributed by atoms with Crippen LogP contribution in [-0.2, 0) is 4.79 Å². The van der Waals surface area contributed by atoms with Gasteiger partial charge in [-0.25, -0.2) is 0 Å². The largest absolute Gasteiger partial charge is 0.481 e. The lowest BCUT2D eigenvalue weighted by Crippen LogP contribution is -2.39. The summed E-state index contributed by atoms with van der Waals surface area (Å²) in [4.78, 5) is 13.5. The summed E-state index contributed by atoms with van der Waals surface area (Å²) in [6.07, 6.45) is 4.83. The van der Waals surface area contributed by atoms with Crippen LogP contribution in [0, 0.1) is 5.92 Å². The molecule has 0 spiro atoms. The molecular formula is C22H24ClNO2. The van der Waals surface area contributed by atoms with Gasteiger partial charge >= 0.3 is 5.97 Å². The average molecular weight is 370 g/mol. The molecule has 4 heteroatoms. The zero-order chi connectivity index (χ0) is 18.4. The number of rotatable bonds is 6. The Kier molecular flexibility index (Phi) is 6.48. The lowest BCUT2D eigenvalue weighted by atomic mass is 9.96. The van der Waals surface area contributed by atoms with Crippen LogP contribution in [0.1, 0.15) is 30.4 Å². The van der Waals surface area contributed by atoms with E-state index < -0.39 is 5.97 Å². The maximum absolute atomic E-state index is 11.2. The summed E-state index contributed by atoms with van der Waals surface area (Å²) in [5, 5.41) is 9.99. The minimum absolute atomic E-state index is 0.232. The maximum Gasteiger partial charge on any atom is 0.307 e. The lowest BCUT2D eigenvalue weighted by molar-refractivity contribution is -0.143. The molecule has 1 heterocycles. The standard InChI is InChI=1S/C22H24ClNO2/c23-21-13-5-4-11-20(21)19(17-8-2-1-3-9-17)12-7-15-24-14-6-10-18(16-24)22(25)26/h1-5,8-9,11-13,18H,6-7,10,14-16H2,(H,25,26)/b19-12-/t18-/m1/s1. The van der Waals surface area contributed by atoms with Crippen molar-refractivity contribution < 1.29 is 9.90 Å². The molecule has 0 aromatic heterocycles. The molecule has 0 saturated carbocycles. The van der Waals surface area contributed by atoms with E-state index in [1.165, 1.54) is 0 Å². The first-order valence-corrected chi connectivity index (χ1v) is 9.48. The molecule has 0 unspecified atom stereocenters. The molecule has 1 aliphatic rings. The first kappa shape index (κ1) is 18.7.